The van der Waals surface area contributed by atoms with E-state index in [0.29, 0.717) is 12.4 Å². The molecule has 0 unspecified atom stereocenters. The summed E-state index contributed by atoms with van der Waals surface area (Å²) in [6, 6.07) is 5.59. The molecule has 0 spiro atoms. The van der Waals surface area contributed by atoms with Crippen molar-refractivity contribution in [2.45, 2.75) is 96.8 Å². The summed E-state index contributed by atoms with van der Waals surface area (Å²) in [5, 5.41) is 11.0. The molecule has 1 aromatic heterocycles. The average molecular weight is 374 g/mol. The zero-order valence-corrected chi connectivity index (χ0v) is 17.3. The highest BCUT2D eigenvalue weighted by Crippen LogP contribution is 2.31. The van der Waals surface area contributed by atoms with Crippen molar-refractivity contribution < 1.29 is 9.84 Å². The summed E-state index contributed by atoms with van der Waals surface area (Å²) in [5.41, 5.74) is 1.00. The van der Waals surface area contributed by atoms with Gasteiger partial charge in [-0.1, -0.05) is 90.4 Å². The number of hydrogen-bond acceptors (Lipinski definition) is 2. The quantitative estimate of drug-likeness (QED) is 0.296. The molecule has 0 saturated heterocycles. The first-order chi connectivity index (χ1) is 13.3. The number of hydrogen-bond donors (Lipinski definition) is 2. The lowest BCUT2D eigenvalue weighted by atomic mass is 10.0. The van der Waals surface area contributed by atoms with E-state index in [4.69, 9.17) is 4.74 Å². The highest BCUT2D eigenvalue weighted by molar-refractivity contribution is 5.83. The Balaban J connectivity index is 1.39. The maximum Gasteiger partial charge on any atom is 0.163 e. The predicted octanol–water partition coefficient (Wildman–Crippen LogP) is 7.73. The first-order valence-electron chi connectivity index (χ1n) is 11.2. The number of phenolic OH excluding ortho intramolecular Hbond substituents is 1. The van der Waals surface area contributed by atoms with Gasteiger partial charge >= 0.3 is 0 Å². The Morgan fingerprint density at radius 1 is 0.778 bits per heavy atom. The van der Waals surface area contributed by atoms with Crippen molar-refractivity contribution in [3.8, 4) is 11.5 Å². The van der Waals surface area contributed by atoms with Crippen molar-refractivity contribution in [2.75, 3.05) is 6.61 Å². The second kappa shape index (κ2) is 13.5. The van der Waals surface area contributed by atoms with E-state index in [1.165, 1.54) is 83.5 Å². The van der Waals surface area contributed by atoms with Gasteiger partial charge in [0.05, 0.1) is 6.61 Å². The van der Waals surface area contributed by atoms with Crippen molar-refractivity contribution in [2.24, 2.45) is 0 Å². The van der Waals surface area contributed by atoms with Gasteiger partial charge in [0.2, 0.25) is 0 Å². The van der Waals surface area contributed by atoms with E-state index < -0.39 is 0 Å². The molecule has 0 atom stereocenters. The van der Waals surface area contributed by atoms with E-state index in [9.17, 15) is 5.11 Å². The molecule has 0 aliphatic carbocycles. The third-order valence-corrected chi connectivity index (χ3v) is 5.39. The largest absolute Gasteiger partial charge is 0.504 e. The fourth-order valence-corrected chi connectivity index (χ4v) is 3.66. The van der Waals surface area contributed by atoms with Crippen molar-refractivity contribution in [1.29, 1.82) is 0 Å². The summed E-state index contributed by atoms with van der Waals surface area (Å²) in [4.78, 5) is 3.15. The molecule has 3 nitrogen and oxygen atoms in total. The number of H-pyrrole nitrogens is 1. The molecule has 152 valence electrons. The lowest BCUT2D eigenvalue weighted by Gasteiger charge is -2.08. The van der Waals surface area contributed by atoms with Gasteiger partial charge in [-0.3, -0.25) is 0 Å². The van der Waals surface area contributed by atoms with Gasteiger partial charge < -0.3 is 14.8 Å². The fraction of sp³-hybridized carbons (Fsp3) is 0.667. The minimum Gasteiger partial charge on any atom is -0.504 e. The number of aromatic amines is 1. The van der Waals surface area contributed by atoms with E-state index in [1.807, 2.05) is 18.3 Å². The fourth-order valence-electron chi connectivity index (χ4n) is 3.66. The van der Waals surface area contributed by atoms with Gasteiger partial charge in [-0.05, 0) is 18.6 Å². The number of aromatic hydroxyl groups is 1. The molecule has 0 bridgehead atoms. The Morgan fingerprint density at radius 2 is 1.33 bits per heavy atom. The van der Waals surface area contributed by atoms with E-state index in [1.54, 1.807) is 6.07 Å². The van der Waals surface area contributed by atoms with E-state index in [2.05, 4.69) is 11.9 Å². The Bertz CT molecular complexity index is 620. The minimum atomic E-state index is 0.229. The van der Waals surface area contributed by atoms with E-state index in [-0.39, 0.29) is 5.75 Å². The normalized spacial score (nSPS) is 11.3. The molecule has 2 rings (SSSR count). The van der Waals surface area contributed by atoms with Crippen LogP contribution in [0, 0.1) is 0 Å². The van der Waals surface area contributed by atoms with Crippen molar-refractivity contribution >= 4 is 10.9 Å². The average Bonchev–Trinajstić information content (AvgIpc) is 3.12. The van der Waals surface area contributed by atoms with Gasteiger partial charge in [0.15, 0.2) is 11.5 Å². The number of fused-ring (bicyclic) bond motifs is 1. The molecule has 0 radical (unpaired) electrons. The number of ether oxygens (including phenoxy) is 1. The molecule has 0 saturated carbocycles. The Labute approximate surface area is 165 Å². The topological polar surface area (TPSA) is 45.2 Å². The number of nitrogens with one attached hydrogen (secondary N) is 1. The zero-order valence-electron chi connectivity index (χ0n) is 17.3. The van der Waals surface area contributed by atoms with Gasteiger partial charge in [0.25, 0.3) is 0 Å². The lowest BCUT2D eigenvalue weighted by molar-refractivity contribution is 0.289. The first-order valence-corrected chi connectivity index (χ1v) is 11.2. The van der Waals surface area contributed by atoms with Crippen LogP contribution in [0.2, 0.25) is 0 Å². The number of unbranched alkanes of at least 4 members (excludes halogenated alkanes) is 13. The summed E-state index contributed by atoms with van der Waals surface area (Å²) >= 11 is 0. The number of phenols is 1. The van der Waals surface area contributed by atoms with Gasteiger partial charge in [-0.2, -0.15) is 0 Å². The molecular weight excluding hydrogens is 334 g/mol. The summed E-state index contributed by atoms with van der Waals surface area (Å²) in [6.07, 6.45) is 20.9. The Hall–Kier alpha value is -1.64. The molecule has 2 N–H and O–H groups in total. The van der Waals surface area contributed by atoms with Crippen molar-refractivity contribution in [3.63, 3.8) is 0 Å². The highest BCUT2D eigenvalue weighted by Gasteiger charge is 2.05. The number of aromatic nitrogens is 1. The molecule has 0 aliphatic heterocycles. The zero-order chi connectivity index (χ0) is 19.2. The van der Waals surface area contributed by atoms with Crippen molar-refractivity contribution in [1.82, 2.24) is 4.98 Å². The maximum atomic E-state index is 10.0. The van der Waals surface area contributed by atoms with Crippen LogP contribution in [0.4, 0.5) is 0 Å². The number of benzene rings is 1. The van der Waals surface area contributed by atoms with Crippen LogP contribution in [-0.4, -0.2) is 16.7 Å². The Morgan fingerprint density at radius 3 is 1.93 bits per heavy atom. The van der Waals surface area contributed by atoms with Crippen LogP contribution in [0.1, 0.15) is 96.8 Å². The van der Waals surface area contributed by atoms with Crippen LogP contribution in [0.15, 0.2) is 24.4 Å². The summed E-state index contributed by atoms with van der Waals surface area (Å²) < 4.78 is 5.75. The smallest absolute Gasteiger partial charge is 0.163 e. The predicted molar refractivity (Wildman–Crippen MR) is 116 cm³/mol. The first kappa shape index (κ1) is 21.7. The monoisotopic (exact) mass is 373 g/mol. The van der Waals surface area contributed by atoms with Crippen LogP contribution in [0.5, 0.6) is 11.5 Å². The third-order valence-electron chi connectivity index (χ3n) is 5.39. The van der Waals surface area contributed by atoms with Crippen LogP contribution in [0.25, 0.3) is 10.9 Å². The molecule has 3 heteroatoms. The van der Waals surface area contributed by atoms with E-state index >= 15 is 0 Å². The molecule has 0 aliphatic rings. The molecule has 2 aromatic rings. The van der Waals surface area contributed by atoms with E-state index in [0.717, 1.165) is 17.3 Å². The molecule has 27 heavy (non-hydrogen) atoms. The van der Waals surface area contributed by atoms with Crippen LogP contribution < -0.4 is 4.74 Å². The Kier molecular flexibility index (Phi) is 10.8. The maximum absolute atomic E-state index is 10.0. The second-order valence-corrected chi connectivity index (χ2v) is 7.83. The minimum absolute atomic E-state index is 0.229. The summed E-state index contributed by atoms with van der Waals surface area (Å²) in [7, 11) is 0. The van der Waals surface area contributed by atoms with Gasteiger partial charge in [-0.15, -0.1) is 0 Å². The highest BCUT2D eigenvalue weighted by atomic mass is 16.5. The van der Waals surface area contributed by atoms with Gasteiger partial charge in [-0.25, -0.2) is 0 Å². The molecule has 1 aromatic carbocycles. The molecule has 0 fully saturated rings. The molecular formula is C24H39NO2. The van der Waals surface area contributed by atoms with Crippen LogP contribution >= 0.6 is 0 Å². The second-order valence-electron chi connectivity index (χ2n) is 7.83. The standard InChI is InChI=1S/C24H39NO2/c1-2-3-4-5-6-7-8-9-10-11-12-13-14-15-18-27-24-20-22-21(16-17-25-22)19-23(24)26/h16-17,19-20,25-26H,2-15,18H2,1H3. The molecule has 0 amide bonds. The SMILES string of the molecule is CCCCCCCCCCCCCCCCOc1cc2[nH]ccc2cc1O. The number of rotatable bonds is 16. The van der Waals surface area contributed by atoms with Crippen LogP contribution in [-0.2, 0) is 0 Å². The van der Waals surface area contributed by atoms with Gasteiger partial charge in [0.1, 0.15) is 0 Å². The summed E-state index contributed by atoms with van der Waals surface area (Å²) in [6.45, 7) is 2.96. The van der Waals surface area contributed by atoms with Crippen LogP contribution in [0.3, 0.4) is 0 Å². The van der Waals surface area contributed by atoms with Crippen molar-refractivity contribution in [3.05, 3.63) is 24.4 Å². The third kappa shape index (κ3) is 8.73. The summed E-state index contributed by atoms with van der Waals surface area (Å²) in [5.74, 6) is 0.812. The lowest BCUT2D eigenvalue weighted by Crippen LogP contribution is -1.97. The molecule has 1 heterocycles. The van der Waals surface area contributed by atoms with Gasteiger partial charge in [0, 0.05) is 23.2 Å².